The molecule has 0 amide bonds. The lowest BCUT2D eigenvalue weighted by Crippen LogP contribution is -2.06. The summed E-state index contributed by atoms with van der Waals surface area (Å²) in [6.45, 7) is 4.55. The van der Waals surface area contributed by atoms with Crippen LogP contribution in [0.25, 0.3) is 10.8 Å². The summed E-state index contributed by atoms with van der Waals surface area (Å²) in [4.78, 5) is 0.140. The van der Waals surface area contributed by atoms with E-state index in [2.05, 4.69) is 19.9 Å². The third-order valence-electron chi connectivity index (χ3n) is 9.52. The standard InChI is InChI=1S/C40H68O3S/c1-3-5-7-9-11-13-15-17-19-21-23-25-27-31-36-35-37(40(44(41,42)43)39-34-30-29-33-38(36)39)32-28-26-24-22-20-18-16-14-12-10-8-6-4-2/h29-30,33-35H,3-28,31-32H2,1-2H3,(H,41,42,43). The molecule has 0 spiro atoms. The highest BCUT2D eigenvalue weighted by atomic mass is 32.2. The van der Waals surface area contributed by atoms with E-state index in [4.69, 9.17) is 0 Å². The van der Waals surface area contributed by atoms with Crippen LogP contribution in [0.2, 0.25) is 0 Å². The lowest BCUT2D eigenvalue weighted by atomic mass is 9.94. The molecular formula is C40H68O3S. The van der Waals surface area contributed by atoms with Crippen molar-refractivity contribution in [3.63, 3.8) is 0 Å². The third kappa shape index (κ3) is 16.8. The van der Waals surface area contributed by atoms with Crippen molar-refractivity contribution in [2.45, 2.75) is 199 Å². The Kier molecular flexibility index (Phi) is 21.9. The van der Waals surface area contributed by atoms with Gasteiger partial charge < -0.3 is 0 Å². The first-order valence-corrected chi connectivity index (χ1v) is 20.4. The lowest BCUT2D eigenvalue weighted by molar-refractivity contribution is 0.482. The quantitative estimate of drug-likeness (QED) is 0.0720. The van der Waals surface area contributed by atoms with Crippen LogP contribution in [0, 0.1) is 0 Å². The molecule has 252 valence electrons. The molecule has 0 saturated heterocycles. The Morgan fingerprint density at radius 1 is 0.455 bits per heavy atom. The normalized spacial score (nSPS) is 12.0. The summed E-state index contributed by atoms with van der Waals surface area (Å²) in [6, 6.07) is 9.87. The van der Waals surface area contributed by atoms with Crippen molar-refractivity contribution < 1.29 is 13.0 Å². The molecule has 0 aliphatic carbocycles. The molecule has 2 rings (SSSR count). The monoisotopic (exact) mass is 628 g/mol. The predicted octanol–water partition coefficient (Wildman–Crippen LogP) is 13.4. The van der Waals surface area contributed by atoms with Crippen LogP contribution < -0.4 is 0 Å². The maximum atomic E-state index is 12.6. The second-order valence-electron chi connectivity index (χ2n) is 13.5. The maximum Gasteiger partial charge on any atom is 0.295 e. The van der Waals surface area contributed by atoms with Crippen molar-refractivity contribution in [1.29, 1.82) is 0 Å². The Morgan fingerprint density at radius 2 is 0.773 bits per heavy atom. The molecule has 3 nitrogen and oxygen atoms in total. The molecule has 1 N–H and O–H groups in total. The van der Waals surface area contributed by atoms with Gasteiger partial charge in [-0.1, -0.05) is 198 Å². The Bertz CT molecular complexity index is 1090. The predicted molar refractivity (Wildman–Crippen MR) is 193 cm³/mol. The van der Waals surface area contributed by atoms with Crippen molar-refractivity contribution in [3.05, 3.63) is 41.5 Å². The first-order valence-electron chi connectivity index (χ1n) is 19.0. The first-order chi connectivity index (χ1) is 21.5. The van der Waals surface area contributed by atoms with Gasteiger partial charge in [0.05, 0.1) is 0 Å². The van der Waals surface area contributed by atoms with Gasteiger partial charge in [-0.05, 0) is 42.2 Å². The summed E-state index contributed by atoms with van der Waals surface area (Å²) >= 11 is 0. The molecule has 0 fully saturated rings. The fourth-order valence-corrected chi connectivity index (χ4v) is 7.80. The number of hydrogen-bond donors (Lipinski definition) is 1. The zero-order valence-electron chi connectivity index (χ0n) is 28.9. The van der Waals surface area contributed by atoms with Gasteiger partial charge in [0, 0.05) is 5.39 Å². The first kappa shape index (κ1) is 38.8. The largest absolute Gasteiger partial charge is 0.295 e. The molecule has 2 aromatic rings. The van der Waals surface area contributed by atoms with Gasteiger partial charge in [0.15, 0.2) is 0 Å². The fraction of sp³-hybridized carbons (Fsp3) is 0.750. The van der Waals surface area contributed by atoms with Crippen molar-refractivity contribution in [2.24, 2.45) is 0 Å². The van der Waals surface area contributed by atoms with Crippen LogP contribution in [0.1, 0.15) is 192 Å². The topological polar surface area (TPSA) is 54.4 Å². The maximum absolute atomic E-state index is 12.6. The molecule has 0 bridgehead atoms. The van der Waals surface area contributed by atoms with Gasteiger partial charge in [0.25, 0.3) is 10.1 Å². The van der Waals surface area contributed by atoms with E-state index in [-0.39, 0.29) is 4.90 Å². The molecule has 0 aliphatic heterocycles. The van der Waals surface area contributed by atoms with Crippen LogP contribution in [0.5, 0.6) is 0 Å². The number of unbranched alkanes of at least 4 members (excludes halogenated alkanes) is 24. The number of hydrogen-bond acceptors (Lipinski definition) is 2. The van der Waals surface area contributed by atoms with Gasteiger partial charge >= 0.3 is 0 Å². The van der Waals surface area contributed by atoms with Crippen LogP contribution in [-0.2, 0) is 23.0 Å². The summed E-state index contributed by atoms with van der Waals surface area (Å²) in [7, 11) is -4.29. The highest BCUT2D eigenvalue weighted by molar-refractivity contribution is 7.86. The molecule has 0 saturated carbocycles. The molecule has 44 heavy (non-hydrogen) atoms. The number of fused-ring (bicyclic) bond motifs is 1. The van der Waals surface area contributed by atoms with Gasteiger partial charge in [0.1, 0.15) is 4.90 Å². The molecule has 0 atom stereocenters. The number of aryl methyl sites for hydroxylation is 2. The highest BCUT2D eigenvalue weighted by Crippen LogP contribution is 2.32. The summed E-state index contributed by atoms with van der Waals surface area (Å²) in [5.74, 6) is 0. The van der Waals surface area contributed by atoms with Gasteiger partial charge in [-0.15, -0.1) is 0 Å². The summed E-state index contributed by atoms with van der Waals surface area (Å²) in [5.41, 5.74) is 2.04. The number of rotatable bonds is 29. The average Bonchev–Trinajstić information content (AvgIpc) is 3.01. The summed E-state index contributed by atoms with van der Waals surface area (Å²) < 4.78 is 35.3. The van der Waals surface area contributed by atoms with Gasteiger partial charge in [-0.3, -0.25) is 4.55 Å². The summed E-state index contributed by atoms with van der Waals surface area (Å²) in [6.07, 6.45) is 35.9. The second kappa shape index (κ2) is 24.8. The third-order valence-corrected chi connectivity index (χ3v) is 10.5. The minimum absolute atomic E-state index is 0.140. The molecular weight excluding hydrogens is 561 g/mol. The van der Waals surface area contributed by atoms with E-state index in [1.54, 1.807) is 0 Å². The van der Waals surface area contributed by atoms with Gasteiger partial charge in [-0.2, -0.15) is 8.42 Å². The number of benzene rings is 2. The van der Waals surface area contributed by atoms with Gasteiger partial charge in [0.2, 0.25) is 0 Å². The van der Waals surface area contributed by atoms with E-state index in [9.17, 15) is 13.0 Å². The van der Waals surface area contributed by atoms with Crippen molar-refractivity contribution >= 4 is 20.9 Å². The van der Waals surface area contributed by atoms with Crippen LogP contribution in [-0.4, -0.2) is 13.0 Å². The van der Waals surface area contributed by atoms with Crippen molar-refractivity contribution in [1.82, 2.24) is 0 Å². The second-order valence-corrected chi connectivity index (χ2v) is 14.9. The molecule has 4 heteroatoms. The van der Waals surface area contributed by atoms with Crippen LogP contribution in [0.15, 0.2) is 35.2 Å². The Labute approximate surface area is 273 Å². The average molecular weight is 629 g/mol. The summed E-state index contributed by atoms with van der Waals surface area (Å²) in [5, 5.41) is 1.67. The molecule has 0 aromatic heterocycles. The highest BCUT2D eigenvalue weighted by Gasteiger charge is 2.21. The minimum atomic E-state index is -4.29. The van der Waals surface area contributed by atoms with Crippen LogP contribution in [0.3, 0.4) is 0 Å². The Balaban J connectivity index is 1.76. The Morgan fingerprint density at radius 3 is 1.14 bits per heavy atom. The van der Waals surface area contributed by atoms with E-state index < -0.39 is 10.1 Å². The zero-order chi connectivity index (χ0) is 31.7. The zero-order valence-corrected chi connectivity index (χ0v) is 29.7. The smallest absolute Gasteiger partial charge is 0.282 e. The van der Waals surface area contributed by atoms with Crippen molar-refractivity contribution in [3.8, 4) is 0 Å². The van der Waals surface area contributed by atoms with E-state index in [0.29, 0.717) is 11.8 Å². The van der Waals surface area contributed by atoms with Crippen LogP contribution >= 0.6 is 0 Å². The molecule has 2 aromatic carbocycles. The molecule has 0 unspecified atom stereocenters. The van der Waals surface area contributed by atoms with Crippen molar-refractivity contribution in [2.75, 3.05) is 0 Å². The van der Waals surface area contributed by atoms with E-state index in [1.165, 1.54) is 153 Å². The molecule has 0 heterocycles. The molecule has 0 aliphatic rings. The SMILES string of the molecule is CCCCCCCCCCCCCCCc1cc(CCCCCCCCCCCCCCC)c2ccccc2c1S(=O)(=O)O. The fourth-order valence-electron chi connectivity index (χ4n) is 6.85. The molecule has 0 radical (unpaired) electrons. The van der Waals surface area contributed by atoms with E-state index in [1.807, 2.05) is 24.3 Å². The van der Waals surface area contributed by atoms with Gasteiger partial charge in [-0.25, -0.2) is 0 Å². The Hall–Kier alpha value is -1.39. The minimum Gasteiger partial charge on any atom is -0.282 e. The van der Waals surface area contributed by atoms with E-state index in [0.717, 1.165) is 36.6 Å². The lowest BCUT2D eigenvalue weighted by Gasteiger charge is -2.15. The van der Waals surface area contributed by atoms with Crippen LogP contribution in [0.4, 0.5) is 0 Å². The van der Waals surface area contributed by atoms with E-state index >= 15 is 0 Å².